The Kier molecular flexibility index (Phi) is 4.11. The zero-order valence-electron chi connectivity index (χ0n) is 11.2. The summed E-state index contributed by atoms with van der Waals surface area (Å²) in [5, 5.41) is 6.89. The first-order valence-corrected chi connectivity index (χ1v) is 7.79. The van der Waals surface area contributed by atoms with Crippen LogP contribution < -0.4 is 10.6 Å². The number of hydrogen-bond donors (Lipinski definition) is 2. The Morgan fingerprint density at radius 3 is 2.67 bits per heavy atom. The average Bonchev–Trinajstić information content (AvgIpc) is 2.83. The van der Waals surface area contributed by atoms with Crippen molar-refractivity contribution in [2.24, 2.45) is 0 Å². The van der Waals surface area contributed by atoms with Crippen LogP contribution in [-0.2, 0) is 0 Å². The predicted molar refractivity (Wildman–Crippen MR) is 74.6 cm³/mol. The molecule has 0 aromatic carbocycles. The van der Waals surface area contributed by atoms with Gasteiger partial charge in [-0.3, -0.25) is 20.4 Å². The van der Waals surface area contributed by atoms with Crippen molar-refractivity contribution in [3.63, 3.8) is 0 Å². The minimum absolute atomic E-state index is 0.0818. The van der Waals surface area contributed by atoms with E-state index in [1.165, 1.54) is 45.2 Å². The maximum Gasteiger partial charge on any atom is 0.136 e. The summed E-state index contributed by atoms with van der Waals surface area (Å²) in [4.78, 5) is 5.19. The third kappa shape index (κ3) is 2.54. The second kappa shape index (κ2) is 5.63. The van der Waals surface area contributed by atoms with Crippen LogP contribution in [0.1, 0.15) is 32.1 Å². The zero-order valence-corrected chi connectivity index (χ0v) is 12.0. The van der Waals surface area contributed by atoms with Gasteiger partial charge in [0.1, 0.15) is 5.62 Å². The molecule has 3 rings (SSSR count). The summed E-state index contributed by atoms with van der Waals surface area (Å²) < 4.78 is 0. The summed E-state index contributed by atoms with van der Waals surface area (Å²) in [7, 11) is 2.24. The number of likely N-dealkylation sites (N-methyl/N-ethyl adjacent to an activating group) is 1. The van der Waals surface area contributed by atoms with Crippen molar-refractivity contribution in [3.8, 4) is 0 Å². The van der Waals surface area contributed by atoms with Crippen LogP contribution in [0.15, 0.2) is 0 Å². The van der Waals surface area contributed by atoms with E-state index in [1.807, 2.05) is 0 Å². The smallest absolute Gasteiger partial charge is 0.136 e. The number of fused-ring (bicyclic) bond motifs is 1. The Morgan fingerprint density at radius 2 is 1.89 bits per heavy atom. The van der Waals surface area contributed by atoms with Crippen molar-refractivity contribution in [2.45, 2.75) is 56.0 Å². The number of hydrogen-bond acceptors (Lipinski definition) is 4. The lowest BCUT2D eigenvalue weighted by Crippen LogP contribution is -2.68. The van der Waals surface area contributed by atoms with Crippen LogP contribution in [0.3, 0.4) is 0 Å². The predicted octanol–water partition coefficient (Wildman–Crippen LogP) is 0.976. The first-order valence-electron chi connectivity index (χ1n) is 7.35. The van der Waals surface area contributed by atoms with Gasteiger partial charge in [-0.25, -0.2) is 0 Å². The Bertz CT molecular complexity index is 282. The molecule has 4 nitrogen and oxygen atoms in total. The lowest BCUT2D eigenvalue weighted by molar-refractivity contribution is 0.0437. The van der Waals surface area contributed by atoms with Crippen molar-refractivity contribution in [1.82, 2.24) is 20.4 Å². The number of nitrogens with zero attached hydrogens (tertiary/aromatic N) is 2. The summed E-state index contributed by atoms with van der Waals surface area (Å²) >= 11 is 6.24. The second-order valence-electron chi connectivity index (χ2n) is 5.96. The Labute approximate surface area is 115 Å². The molecule has 104 valence electrons. The SMILES string of the molecule is CN1CCCN(C2CCCC2)C2NC(Cl)NCC21. The molecule has 18 heavy (non-hydrogen) atoms. The minimum atomic E-state index is -0.0818. The normalized spacial score (nSPS) is 40.7. The molecule has 3 fully saturated rings. The number of halogens is 1. The summed E-state index contributed by atoms with van der Waals surface area (Å²) in [5.41, 5.74) is -0.0818. The number of alkyl halides is 1. The van der Waals surface area contributed by atoms with E-state index in [9.17, 15) is 0 Å². The molecular formula is C13H25ClN4. The molecular weight excluding hydrogens is 248 g/mol. The number of rotatable bonds is 1. The lowest BCUT2D eigenvalue weighted by Gasteiger charge is -2.45. The third-order valence-electron chi connectivity index (χ3n) is 4.83. The van der Waals surface area contributed by atoms with E-state index in [1.54, 1.807) is 0 Å². The molecule has 3 atom stereocenters. The summed E-state index contributed by atoms with van der Waals surface area (Å²) in [6.07, 6.45) is 7.23. The molecule has 5 heteroatoms. The average molecular weight is 273 g/mol. The first-order chi connectivity index (χ1) is 8.75. The van der Waals surface area contributed by atoms with Crippen molar-refractivity contribution >= 4 is 11.6 Å². The summed E-state index contributed by atoms with van der Waals surface area (Å²) in [6, 6.07) is 1.32. The van der Waals surface area contributed by atoms with E-state index >= 15 is 0 Å². The fourth-order valence-electron chi connectivity index (χ4n) is 3.82. The third-order valence-corrected chi connectivity index (χ3v) is 5.11. The molecule has 3 unspecified atom stereocenters. The van der Waals surface area contributed by atoms with E-state index in [2.05, 4.69) is 27.5 Å². The van der Waals surface area contributed by atoms with Crippen LogP contribution in [0.5, 0.6) is 0 Å². The van der Waals surface area contributed by atoms with E-state index in [-0.39, 0.29) is 5.62 Å². The highest BCUT2D eigenvalue weighted by atomic mass is 35.5. The molecule has 3 aliphatic rings. The molecule has 1 aliphatic carbocycles. The summed E-state index contributed by atoms with van der Waals surface area (Å²) in [5.74, 6) is 0. The zero-order chi connectivity index (χ0) is 12.5. The molecule has 2 aliphatic heterocycles. The maximum atomic E-state index is 6.24. The van der Waals surface area contributed by atoms with Crippen LogP contribution in [0.4, 0.5) is 0 Å². The van der Waals surface area contributed by atoms with Crippen LogP contribution >= 0.6 is 11.6 Å². The molecule has 2 N–H and O–H groups in total. The van der Waals surface area contributed by atoms with E-state index in [4.69, 9.17) is 11.6 Å². The van der Waals surface area contributed by atoms with Gasteiger partial charge in [-0.05, 0) is 32.9 Å². The van der Waals surface area contributed by atoms with Crippen molar-refractivity contribution in [2.75, 3.05) is 26.7 Å². The van der Waals surface area contributed by atoms with Gasteiger partial charge >= 0.3 is 0 Å². The van der Waals surface area contributed by atoms with Gasteiger partial charge in [0.05, 0.1) is 12.2 Å². The van der Waals surface area contributed by atoms with Crippen molar-refractivity contribution < 1.29 is 0 Å². The monoisotopic (exact) mass is 272 g/mol. The quantitative estimate of drug-likeness (QED) is 0.550. The molecule has 0 aromatic heterocycles. The Balaban J connectivity index is 1.78. The molecule has 0 amide bonds. The standard InChI is InChI=1S/C13H25ClN4/c1-17-7-4-8-18(10-5-2-3-6-10)12-11(17)9-15-13(14)16-12/h10-13,15-16H,2-9H2,1H3. The minimum Gasteiger partial charge on any atom is -0.299 e. The largest absolute Gasteiger partial charge is 0.299 e. The van der Waals surface area contributed by atoms with E-state index < -0.39 is 0 Å². The van der Waals surface area contributed by atoms with E-state index in [0.717, 1.165) is 12.6 Å². The maximum absolute atomic E-state index is 6.24. The highest BCUT2D eigenvalue weighted by Crippen LogP contribution is 2.28. The van der Waals surface area contributed by atoms with Gasteiger partial charge in [0, 0.05) is 19.1 Å². The van der Waals surface area contributed by atoms with Crippen LogP contribution in [0.25, 0.3) is 0 Å². The first kappa shape index (κ1) is 13.1. The van der Waals surface area contributed by atoms with E-state index in [0.29, 0.717) is 12.2 Å². The van der Waals surface area contributed by atoms with Gasteiger partial charge in [-0.15, -0.1) is 0 Å². The van der Waals surface area contributed by atoms with Crippen molar-refractivity contribution in [3.05, 3.63) is 0 Å². The molecule has 0 bridgehead atoms. The van der Waals surface area contributed by atoms with Gasteiger partial charge in [-0.1, -0.05) is 24.4 Å². The molecule has 2 heterocycles. The van der Waals surface area contributed by atoms with Crippen LogP contribution in [0.2, 0.25) is 0 Å². The van der Waals surface area contributed by atoms with Crippen molar-refractivity contribution in [1.29, 1.82) is 0 Å². The van der Waals surface area contributed by atoms with Gasteiger partial charge in [0.25, 0.3) is 0 Å². The Morgan fingerprint density at radius 1 is 1.11 bits per heavy atom. The van der Waals surface area contributed by atoms with Gasteiger partial charge in [0.2, 0.25) is 0 Å². The summed E-state index contributed by atoms with van der Waals surface area (Å²) in [6.45, 7) is 3.40. The molecule has 0 spiro atoms. The van der Waals surface area contributed by atoms with Gasteiger partial charge < -0.3 is 0 Å². The topological polar surface area (TPSA) is 30.5 Å². The highest BCUT2D eigenvalue weighted by molar-refractivity contribution is 6.20. The fourth-order valence-corrected chi connectivity index (χ4v) is 4.04. The highest BCUT2D eigenvalue weighted by Gasteiger charge is 2.40. The molecule has 1 saturated carbocycles. The molecule has 2 saturated heterocycles. The second-order valence-corrected chi connectivity index (χ2v) is 6.40. The van der Waals surface area contributed by atoms with Crippen LogP contribution in [-0.4, -0.2) is 60.4 Å². The molecule has 0 radical (unpaired) electrons. The lowest BCUT2D eigenvalue weighted by atomic mass is 10.1. The fraction of sp³-hybridized carbons (Fsp3) is 1.00. The van der Waals surface area contributed by atoms with Crippen LogP contribution in [0, 0.1) is 0 Å². The molecule has 0 aromatic rings. The van der Waals surface area contributed by atoms with Gasteiger partial charge in [0.15, 0.2) is 0 Å². The Hall–Kier alpha value is 0.130. The van der Waals surface area contributed by atoms with Gasteiger partial charge in [-0.2, -0.15) is 0 Å². The number of nitrogens with one attached hydrogen (secondary N) is 2.